The van der Waals surface area contributed by atoms with E-state index in [-0.39, 0.29) is 28.9 Å². The number of aromatic hydroxyl groups is 2. The van der Waals surface area contributed by atoms with Crippen LogP contribution in [0.3, 0.4) is 0 Å². The monoisotopic (exact) mass is 328 g/mol. The molecule has 3 aromatic rings. The van der Waals surface area contributed by atoms with Crippen molar-refractivity contribution in [1.82, 2.24) is 0 Å². The second-order valence-corrected chi connectivity index (χ2v) is 5.41. The lowest BCUT2D eigenvalue weighted by molar-refractivity contribution is -0.117. The van der Waals surface area contributed by atoms with Crippen molar-refractivity contribution >= 4 is 16.8 Å². The molecule has 2 aromatic carbocycles. The lowest BCUT2D eigenvalue weighted by atomic mass is 9.87. The van der Waals surface area contributed by atoms with Crippen molar-refractivity contribution in [2.24, 2.45) is 0 Å². The standard InChI is InChI=1S/C19H16O5/c1-11(20)10-15(12-6-8-13(21)9-7-12)17-18(22)14-4-2-3-5-16(14)24-19(17)23/h2-9,15,21-22H,10H2,1H3/i2D,3D,4D,5D. The van der Waals surface area contributed by atoms with E-state index in [0.29, 0.717) is 5.56 Å². The molecule has 0 aliphatic carbocycles. The Labute approximate surface area is 143 Å². The number of hydrogen-bond donors (Lipinski definition) is 2. The average Bonchev–Trinajstić information content (AvgIpc) is 2.63. The van der Waals surface area contributed by atoms with Gasteiger partial charge in [-0.1, -0.05) is 24.2 Å². The molecule has 1 unspecified atom stereocenters. The van der Waals surface area contributed by atoms with Gasteiger partial charge in [-0.25, -0.2) is 4.79 Å². The van der Waals surface area contributed by atoms with Crippen LogP contribution in [0.1, 0.15) is 35.9 Å². The van der Waals surface area contributed by atoms with Gasteiger partial charge in [-0.2, -0.15) is 0 Å². The van der Waals surface area contributed by atoms with E-state index < -0.39 is 47.0 Å². The molecule has 122 valence electrons. The number of carbonyl (C=O) groups is 1. The molecule has 0 saturated heterocycles. The lowest BCUT2D eigenvalue weighted by Crippen LogP contribution is -2.16. The van der Waals surface area contributed by atoms with Gasteiger partial charge in [0.05, 0.1) is 16.4 Å². The van der Waals surface area contributed by atoms with Crippen LogP contribution in [0.4, 0.5) is 0 Å². The predicted molar refractivity (Wildman–Crippen MR) is 89.4 cm³/mol. The van der Waals surface area contributed by atoms with Crippen LogP contribution in [-0.4, -0.2) is 16.0 Å². The van der Waals surface area contributed by atoms with Gasteiger partial charge in [0.25, 0.3) is 0 Å². The van der Waals surface area contributed by atoms with Crippen LogP contribution in [0.2, 0.25) is 0 Å². The Kier molecular flexibility index (Phi) is 2.96. The summed E-state index contributed by atoms with van der Waals surface area (Å²) in [6.45, 7) is 1.32. The van der Waals surface area contributed by atoms with Crippen LogP contribution in [0, 0.1) is 0 Å². The Bertz CT molecular complexity index is 1150. The number of ketones is 1. The zero-order valence-corrected chi connectivity index (χ0v) is 12.7. The molecule has 0 aliphatic rings. The number of carbonyl (C=O) groups excluding carboxylic acids is 1. The van der Waals surface area contributed by atoms with E-state index in [1.54, 1.807) is 0 Å². The first-order valence-corrected chi connectivity index (χ1v) is 7.17. The van der Waals surface area contributed by atoms with E-state index in [0.717, 1.165) is 0 Å². The molecule has 24 heavy (non-hydrogen) atoms. The number of hydrogen-bond acceptors (Lipinski definition) is 5. The van der Waals surface area contributed by atoms with Gasteiger partial charge >= 0.3 is 5.63 Å². The largest absolute Gasteiger partial charge is 0.508 e. The number of Topliss-reactive ketones (excluding diaryl/α,β-unsaturated/α-hetero) is 1. The van der Waals surface area contributed by atoms with E-state index in [2.05, 4.69) is 0 Å². The molecule has 0 radical (unpaired) electrons. The van der Waals surface area contributed by atoms with Crippen LogP contribution in [0.5, 0.6) is 11.5 Å². The van der Waals surface area contributed by atoms with Gasteiger partial charge in [0, 0.05) is 12.3 Å². The summed E-state index contributed by atoms with van der Waals surface area (Å²) >= 11 is 0. The summed E-state index contributed by atoms with van der Waals surface area (Å²) in [6, 6.07) is 3.42. The minimum atomic E-state index is -1.01. The van der Waals surface area contributed by atoms with Crippen molar-refractivity contribution in [2.45, 2.75) is 19.3 Å². The molecule has 2 N–H and O–H groups in total. The van der Waals surface area contributed by atoms with Crippen LogP contribution in [0.15, 0.2) is 57.6 Å². The predicted octanol–water partition coefficient (Wildman–Crippen LogP) is 3.32. The van der Waals surface area contributed by atoms with Crippen molar-refractivity contribution in [3.05, 3.63) is 70.0 Å². The fraction of sp³-hybridized carbons (Fsp3) is 0.158. The minimum absolute atomic E-state index is 0.0193. The molecule has 1 atom stereocenters. The number of fused-ring (bicyclic) bond motifs is 1. The molecular formula is C19H16O5. The van der Waals surface area contributed by atoms with Gasteiger partial charge < -0.3 is 14.6 Å². The molecule has 0 bridgehead atoms. The van der Waals surface area contributed by atoms with Gasteiger partial charge in [0.2, 0.25) is 0 Å². The van der Waals surface area contributed by atoms with Crippen molar-refractivity contribution in [1.29, 1.82) is 0 Å². The average molecular weight is 328 g/mol. The van der Waals surface area contributed by atoms with Crippen LogP contribution in [-0.2, 0) is 4.79 Å². The topological polar surface area (TPSA) is 87.7 Å². The summed E-state index contributed by atoms with van der Waals surface area (Å²) in [5.41, 5.74) is -1.28. The smallest absolute Gasteiger partial charge is 0.343 e. The Balaban J connectivity index is 2.38. The molecular weight excluding hydrogens is 308 g/mol. The number of phenols is 1. The van der Waals surface area contributed by atoms with Crippen LogP contribution < -0.4 is 5.63 Å². The molecule has 0 fully saturated rings. The third-order valence-corrected chi connectivity index (χ3v) is 3.70. The van der Waals surface area contributed by atoms with Crippen LogP contribution >= 0.6 is 0 Å². The summed E-state index contributed by atoms with van der Waals surface area (Å²) in [5, 5.41) is 19.9. The Morgan fingerprint density at radius 2 is 1.88 bits per heavy atom. The highest BCUT2D eigenvalue weighted by molar-refractivity contribution is 5.85. The first kappa shape index (κ1) is 11.5. The first-order chi connectivity index (χ1) is 13.1. The normalized spacial score (nSPS) is 14.5. The highest BCUT2D eigenvalue weighted by atomic mass is 16.4. The molecule has 0 amide bonds. The molecule has 5 nitrogen and oxygen atoms in total. The highest BCUT2D eigenvalue weighted by Gasteiger charge is 2.25. The summed E-state index contributed by atoms with van der Waals surface area (Å²) in [6.07, 6.45) is -0.153. The number of phenolic OH excluding ortho intramolecular Hbond substituents is 1. The maximum Gasteiger partial charge on any atom is 0.343 e. The molecule has 0 spiro atoms. The molecule has 5 heteroatoms. The maximum atomic E-state index is 12.6. The summed E-state index contributed by atoms with van der Waals surface area (Å²) in [4.78, 5) is 24.4. The van der Waals surface area contributed by atoms with Crippen molar-refractivity contribution in [2.75, 3.05) is 0 Å². The van der Waals surface area contributed by atoms with Gasteiger partial charge in [0.15, 0.2) is 0 Å². The van der Waals surface area contributed by atoms with Crippen LogP contribution in [0.25, 0.3) is 11.0 Å². The third-order valence-electron chi connectivity index (χ3n) is 3.70. The SMILES string of the molecule is [2H]c1c([2H])c([2H])c2c(O)c(C(CC(C)=O)c3ccc(O)cc3)c(=O)oc2c1[2H]. The minimum Gasteiger partial charge on any atom is -0.508 e. The van der Waals surface area contributed by atoms with Gasteiger partial charge in [-0.15, -0.1) is 0 Å². The zero-order chi connectivity index (χ0) is 20.7. The summed E-state index contributed by atoms with van der Waals surface area (Å²) in [7, 11) is 0. The third kappa shape index (κ3) is 2.88. The highest BCUT2D eigenvalue weighted by Crippen LogP contribution is 2.36. The lowest BCUT2D eigenvalue weighted by Gasteiger charge is -2.17. The molecule has 0 saturated carbocycles. The summed E-state index contributed by atoms with van der Waals surface area (Å²) in [5.74, 6) is -1.86. The molecule has 1 aromatic heterocycles. The van der Waals surface area contributed by atoms with Crippen molar-refractivity contribution in [3.8, 4) is 11.5 Å². The molecule has 1 heterocycles. The number of rotatable bonds is 4. The fourth-order valence-corrected chi connectivity index (χ4v) is 2.61. The second-order valence-electron chi connectivity index (χ2n) is 5.41. The molecule has 0 aliphatic heterocycles. The van der Waals surface area contributed by atoms with E-state index in [1.165, 1.54) is 31.2 Å². The molecule has 3 rings (SSSR count). The van der Waals surface area contributed by atoms with Gasteiger partial charge in [0.1, 0.15) is 22.9 Å². The second kappa shape index (κ2) is 6.20. The Morgan fingerprint density at radius 3 is 2.54 bits per heavy atom. The number of para-hydroxylation sites is 1. The van der Waals surface area contributed by atoms with E-state index >= 15 is 0 Å². The van der Waals surface area contributed by atoms with E-state index in [9.17, 15) is 19.8 Å². The Hall–Kier alpha value is -3.08. The first-order valence-electron chi connectivity index (χ1n) is 9.17. The summed E-state index contributed by atoms with van der Waals surface area (Å²) < 4.78 is 36.5. The maximum absolute atomic E-state index is 12.6. The van der Waals surface area contributed by atoms with Gasteiger partial charge in [-0.3, -0.25) is 4.79 Å². The quantitative estimate of drug-likeness (QED) is 0.717. The van der Waals surface area contributed by atoms with E-state index in [4.69, 9.17) is 9.90 Å². The van der Waals surface area contributed by atoms with Crippen molar-refractivity contribution in [3.63, 3.8) is 0 Å². The van der Waals surface area contributed by atoms with Crippen molar-refractivity contribution < 1.29 is 24.9 Å². The zero-order valence-electron chi connectivity index (χ0n) is 16.7. The van der Waals surface area contributed by atoms with Gasteiger partial charge in [-0.05, 0) is 36.7 Å². The van der Waals surface area contributed by atoms with E-state index in [1.807, 2.05) is 0 Å². The fourth-order valence-electron chi connectivity index (χ4n) is 2.61. The number of benzene rings is 2. The Morgan fingerprint density at radius 1 is 1.21 bits per heavy atom.